The summed E-state index contributed by atoms with van der Waals surface area (Å²) in [5.74, 6) is 0.667. The molecule has 0 atom stereocenters. The van der Waals surface area contributed by atoms with Gasteiger partial charge in [0.15, 0.2) is 0 Å². The monoisotopic (exact) mass is 229 g/mol. The number of nitrogens with zero attached hydrogens (tertiary/aromatic N) is 1. The zero-order valence-corrected chi connectivity index (χ0v) is 11.2. The molecule has 1 aliphatic rings. The highest BCUT2D eigenvalue weighted by Crippen LogP contribution is 2.41. The molecule has 0 aliphatic carbocycles. The lowest BCUT2D eigenvalue weighted by molar-refractivity contribution is -0.251. The Morgan fingerprint density at radius 2 is 1.56 bits per heavy atom. The van der Waals surface area contributed by atoms with E-state index in [1.54, 1.807) is 0 Å². The highest BCUT2D eigenvalue weighted by molar-refractivity contribution is 4.95. The predicted molar refractivity (Wildman–Crippen MR) is 65.4 cm³/mol. The van der Waals surface area contributed by atoms with Crippen molar-refractivity contribution in [3.63, 3.8) is 0 Å². The van der Waals surface area contributed by atoms with Crippen LogP contribution in [-0.4, -0.2) is 33.1 Å². The van der Waals surface area contributed by atoms with Crippen LogP contribution in [0.25, 0.3) is 0 Å². The smallest absolute Gasteiger partial charge is 0.0431 e. The SMILES string of the molecule is CC1(C)CC(CCCCO)CC(C)(C)N1O. The molecule has 0 aromatic heterocycles. The fourth-order valence-corrected chi connectivity index (χ4v) is 3.23. The van der Waals surface area contributed by atoms with Crippen molar-refractivity contribution in [3.05, 3.63) is 0 Å². The molecule has 16 heavy (non-hydrogen) atoms. The van der Waals surface area contributed by atoms with Gasteiger partial charge in [0.25, 0.3) is 0 Å². The summed E-state index contributed by atoms with van der Waals surface area (Å²) in [6.45, 7) is 8.71. The number of aliphatic hydroxyl groups excluding tert-OH is 1. The second-order valence-corrected chi connectivity index (χ2v) is 6.43. The first-order valence-electron chi connectivity index (χ1n) is 6.40. The molecule has 3 heteroatoms. The molecule has 1 fully saturated rings. The van der Waals surface area contributed by atoms with Gasteiger partial charge >= 0.3 is 0 Å². The molecule has 1 saturated heterocycles. The zero-order chi connectivity index (χ0) is 12.4. The van der Waals surface area contributed by atoms with E-state index in [4.69, 9.17) is 5.11 Å². The quantitative estimate of drug-likeness (QED) is 0.729. The molecule has 0 spiro atoms. The normalized spacial score (nSPS) is 25.9. The molecule has 0 aromatic carbocycles. The summed E-state index contributed by atoms with van der Waals surface area (Å²) < 4.78 is 0. The fraction of sp³-hybridized carbons (Fsp3) is 1.00. The summed E-state index contributed by atoms with van der Waals surface area (Å²) in [4.78, 5) is 0. The van der Waals surface area contributed by atoms with Crippen molar-refractivity contribution in [2.45, 2.75) is 70.9 Å². The molecule has 2 N–H and O–H groups in total. The molecule has 3 nitrogen and oxygen atoms in total. The van der Waals surface area contributed by atoms with Crippen LogP contribution in [0.3, 0.4) is 0 Å². The van der Waals surface area contributed by atoms with E-state index in [0.717, 1.165) is 25.7 Å². The molecule has 0 unspecified atom stereocenters. The van der Waals surface area contributed by atoms with Gasteiger partial charge in [-0.15, -0.1) is 0 Å². The van der Waals surface area contributed by atoms with Gasteiger partial charge in [-0.05, 0) is 52.9 Å². The van der Waals surface area contributed by atoms with Crippen LogP contribution in [0, 0.1) is 5.92 Å². The molecule has 0 amide bonds. The molecule has 1 rings (SSSR count). The Bertz CT molecular complexity index is 208. The number of aliphatic hydroxyl groups is 1. The van der Waals surface area contributed by atoms with Gasteiger partial charge in [-0.25, -0.2) is 0 Å². The number of hydrogen-bond donors (Lipinski definition) is 2. The Balaban J connectivity index is 2.57. The number of hydrogen-bond acceptors (Lipinski definition) is 3. The zero-order valence-electron chi connectivity index (χ0n) is 11.2. The molecule has 0 bridgehead atoms. The van der Waals surface area contributed by atoms with Crippen LogP contribution in [0.2, 0.25) is 0 Å². The van der Waals surface area contributed by atoms with Crippen LogP contribution in [0.15, 0.2) is 0 Å². The number of rotatable bonds is 4. The maximum Gasteiger partial charge on any atom is 0.0431 e. The van der Waals surface area contributed by atoms with E-state index in [9.17, 15) is 5.21 Å². The minimum absolute atomic E-state index is 0.133. The van der Waals surface area contributed by atoms with Gasteiger partial charge in [0, 0.05) is 17.7 Å². The Morgan fingerprint density at radius 1 is 1.06 bits per heavy atom. The lowest BCUT2D eigenvalue weighted by Gasteiger charge is -2.51. The number of unbranched alkanes of at least 4 members (excludes halogenated alkanes) is 1. The van der Waals surface area contributed by atoms with E-state index in [1.165, 1.54) is 11.5 Å². The largest absolute Gasteiger partial charge is 0.396 e. The van der Waals surface area contributed by atoms with Gasteiger partial charge in [-0.1, -0.05) is 12.8 Å². The van der Waals surface area contributed by atoms with E-state index >= 15 is 0 Å². The van der Waals surface area contributed by atoms with Crippen LogP contribution in [0.5, 0.6) is 0 Å². The second-order valence-electron chi connectivity index (χ2n) is 6.43. The summed E-state index contributed by atoms with van der Waals surface area (Å²) in [7, 11) is 0. The average molecular weight is 229 g/mol. The first-order chi connectivity index (χ1) is 7.29. The maximum absolute atomic E-state index is 10.1. The van der Waals surface area contributed by atoms with Gasteiger partial charge in [0.2, 0.25) is 0 Å². The standard InChI is InChI=1S/C13H27NO2/c1-12(2)9-11(7-5-6-8-15)10-13(3,4)14(12)16/h11,15-16H,5-10H2,1-4H3. The van der Waals surface area contributed by atoms with Crippen molar-refractivity contribution in [2.24, 2.45) is 5.92 Å². The van der Waals surface area contributed by atoms with Crippen LogP contribution >= 0.6 is 0 Å². The van der Waals surface area contributed by atoms with Crippen molar-refractivity contribution >= 4 is 0 Å². The summed E-state index contributed by atoms with van der Waals surface area (Å²) in [6, 6.07) is 0. The van der Waals surface area contributed by atoms with Crippen molar-refractivity contribution in [1.82, 2.24) is 5.06 Å². The summed E-state index contributed by atoms with van der Waals surface area (Å²) >= 11 is 0. The van der Waals surface area contributed by atoms with Crippen LogP contribution in [0.4, 0.5) is 0 Å². The summed E-state index contributed by atoms with van der Waals surface area (Å²) in [5.41, 5.74) is -0.267. The van der Waals surface area contributed by atoms with E-state index in [1.807, 2.05) is 0 Å². The lowest BCUT2D eigenvalue weighted by atomic mass is 9.73. The third-order valence-corrected chi connectivity index (χ3v) is 3.74. The molecule has 1 aliphatic heterocycles. The molecule has 0 radical (unpaired) electrons. The van der Waals surface area contributed by atoms with Crippen LogP contribution in [-0.2, 0) is 0 Å². The third kappa shape index (κ3) is 3.19. The summed E-state index contributed by atoms with van der Waals surface area (Å²) in [6.07, 6.45) is 5.25. The second kappa shape index (κ2) is 5.03. The van der Waals surface area contributed by atoms with Gasteiger partial charge in [0.05, 0.1) is 0 Å². The Hall–Kier alpha value is -0.120. The Labute approximate surface area is 99.4 Å². The molecule has 96 valence electrons. The number of piperidine rings is 1. The first-order valence-corrected chi connectivity index (χ1v) is 6.40. The summed E-state index contributed by atoms with van der Waals surface area (Å²) in [5, 5.41) is 20.5. The van der Waals surface area contributed by atoms with Crippen molar-refractivity contribution in [2.75, 3.05) is 6.61 Å². The van der Waals surface area contributed by atoms with Gasteiger partial charge in [-0.3, -0.25) is 0 Å². The van der Waals surface area contributed by atoms with Crippen LogP contribution < -0.4 is 0 Å². The predicted octanol–water partition coefficient (Wildman–Crippen LogP) is 2.81. The average Bonchev–Trinajstić information content (AvgIpc) is 2.14. The van der Waals surface area contributed by atoms with Crippen LogP contribution in [0.1, 0.15) is 59.8 Å². The minimum atomic E-state index is -0.133. The van der Waals surface area contributed by atoms with E-state index in [-0.39, 0.29) is 11.1 Å². The Kier molecular flexibility index (Phi) is 4.38. The molecular formula is C13H27NO2. The van der Waals surface area contributed by atoms with Crippen molar-refractivity contribution in [3.8, 4) is 0 Å². The molecule has 1 heterocycles. The fourth-order valence-electron chi connectivity index (χ4n) is 3.23. The van der Waals surface area contributed by atoms with Crippen molar-refractivity contribution < 1.29 is 10.3 Å². The highest BCUT2D eigenvalue weighted by atomic mass is 16.5. The minimum Gasteiger partial charge on any atom is -0.396 e. The lowest BCUT2D eigenvalue weighted by Crippen LogP contribution is -2.58. The molecule has 0 saturated carbocycles. The van der Waals surface area contributed by atoms with Gasteiger partial charge < -0.3 is 10.3 Å². The van der Waals surface area contributed by atoms with Gasteiger partial charge in [-0.2, -0.15) is 5.06 Å². The topological polar surface area (TPSA) is 43.7 Å². The third-order valence-electron chi connectivity index (χ3n) is 3.74. The molecule has 0 aromatic rings. The van der Waals surface area contributed by atoms with E-state index in [2.05, 4.69) is 27.7 Å². The van der Waals surface area contributed by atoms with E-state index < -0.39 is 0 Å². The molecular weight excluding hydrogens is 202 g/mol. The number of hydroxylamine groups is 2. The first kappa shape index (κ1) is 13.9. The maximum atomic E-state index is 10.1. The highest BCUT2D eigenvalue weighted by Gasteiger charge is 2.44. The van der Waals surface area contributed by atoms with E-state index in [0.29, 0.717) is 12.5 Å². The van der Waals surface area contributed by atoms with Gasteiger partial charge in [0.1, 0.15) is 0 Å². The Morgan fingerprint density at radius 3 is 2.00 bits per heavy atom. The van der Waals surface area contributed by atoms with Crippen molar-refractivity contribution in [1.29, 1.82) is 0 Å².